The van der Waals surface area contributed by atoms with Crippen LogP contribution in [0.15, 0.2) is 73.1 Å². The molecular weight excluding hydrogens is 278 g/mol. The molecule has 1 aromatic heterocycles. The molecule has 0 bridgehead atoms. The van der Waals surface area contributed by atoms with Gasteiger partial charge in [-0.15, -0.1) is 5.73 Å². The lowest BCUT2D eigenvalue weighted by Gasteiger charge is -2.12. The molecule has 0 aliphatic heterocycles. The van der Waals surface area contributed by atoms with E-state index in [2.05, 4.69) is 66.5 Å². The number of halogens is 1. The number of aryl methyl sites for hydroxylation is 1. The van der Waals surface area contributed by atoms with E-state index in [0.717, 1.165) is 5.02 Å². The molecule has 0 saturated carbocycles. The molecule has 0 spiro atoms. The summed E-state index contributed by atoms with van der Waals surface area (Å²) in [5.74, 6) is 0.130. The van der Waals surface area contributed by atoms with Gasteiger partial charge < -0.3 is 4.57 Å². The van der Waals surface area contributed by atoms with Gasteiger partial charge in [-0.1, -0.05) is 48.5 Å². The molecule has 1 atom stereocenters. The number of nitrogens with zero attached hydrogens (tertiary/aromatic N) is 1. The number of hydrogen-bond donors (Lipinski definition) is 0. The summed E-state index contributed by atoms with van der Waals surface area (Å²) in [7, 11) is 2.07. The summed E-state index contributed by atoms with van der Waals surface area (Å²) in [6, 6.07) is 16.4. The fraction of sp³-hybridized carbons (Fsp3) is 0.105. The number of benzene rings is 2. The van der Waals surface area contributed by atoms with Crippen LogP contribution in [0, 0.1) is 0 Å². The van der Waals surface area contributed by atoms with Crippen LogP contribution in [0.4, 0.5) is 0 Å². The van der Waals surface area contributed by atoms with E-state index in [1.165, 1.54) is 22.0 Å². The van der Waals surface area contributed by atoms with Crippen LogP contribution >= 0.6 is 11.6 Å². The highest BCUT2D eigenvalue weighted by molar-refractivity contribution is 6.30. The van der Waals surface area contributed by atoms with Crippen LogP contribution < -0.4 is 0 Å². The second-order valence-corrected chi connectivity index (χ2v) is 5.55. The van der Waals surface area contributed by atoms with Crippen LogP contribution in [-0.2, 0) is 7.05 Å². The van der Waals surface area contributed by atoms with Gasteiger partial charge in [0, 0.05) is 35.1 Å². The van der Waals surface area contributed by atoms with Crippen LogP contribution in [0.2, 0.25) is 5.02 Å². The van der Waals surface area contributed by atoms with Gasteiger partial charge >= 0.3 is 0 Å². The van der Waals surface area contributed by atoms with E-state index in [1.54, 1.807) is 0 Å². The summed E-state index contributed by atoms with van der Waals surface area (Å²) in [5.41, 5.74) is 6.60. The molecule has 0 N–H and O–H groups in total. The molecule has 0 radical (unpaired) electrons. The summed E-state index contributed by atoms with van der Waals surface area (Å²) >= 11 is 6.00. The van der Waals surface area contributed by atoms with Crippen molar-refractivity contribution in [1.82, 2.24) is 4.57 Å². The Morgan fingerprint density at radius 3 is 2.57 bits per heavy atom. The van der Waals surface area contributed by atoms with Gasteiger partial charge in [0.1, 0.15) is 0 Å². The van der Waals surface area contributed by atoms with Crippen LogP contribution in [0.5, 0.6) is 0 Å². The van der Waals surface area contributed by atoms with Gasteiger partial charge in [-0.3, -0.25) is 0 Å². The van der Waals surface area contributed by atoms with Gasteiger partial charge in [0.25, 0.3) is 0 Å². The van der Waals surface area contributed by atoms with Crippen molar-refractivity contribution >= 4 is 22.5 Å². The second-order valence-electron chi connectivity index (χ2n) is 5.11. The Morgan fingerprint density at radius 1 is 1.14 bits per heavy atom. The molecule has 1 nitrogen and oxygen atoms in total. The summed E-state index contributed by atoms with van der Waals surface area (Å²) in [4.78, 5) is 0. The van der Waals surface area contributed by atoms with E-state index in [0.29, 0.717) is 0 Å². The number of para-hydroxylation sites is 1. The molecule has 0 aliphatic carbocycles. The first-order chi connectivity index (χ1) is 10.2. The third-order valence-corrected chi connectivity index (χ3v) is 4.03. The maximum absolute atomic E-state index is 6.00. The van der Waals surface area contributed by atoms with Crippen LogP contribution in [0.25, 0.3) is 10.9 Å². The molecule has 104 valence electrons. The summed E-state index contributed by atoms with van der Waals surface area (Å²) < 4.78 is 2.16. The minimum Gasteiger partial charge on any atom is -0.350 e. The number of hydrogen-bond acceptors (Lipinski definition) is 0. The maximum atomic E-state index is 6.00. The number of allylic oxidation sites excluding steroid dienone is 1. The molecule has 21 heavy (non-hydrogen) atoms. The predicted octanol–water partition coefficient (Wildman–Crippen LogP) is 5.30. The first-order valence-corrected chi connectivity index (χ1v) is 7.24. The third-order valence-electron chi connectivity index (χ3n) is 3.78. The highest BCUT2D eigenvalue weighted by Crippen LogP contribution is 2.33. The standard InChI is InChI=1S/C19H16ClN/c1-3-6-16(14-9-11-15(20)12-10-14)18-13-21(2)19-8-5-4-7-17(18)19/h4-13,16H,1H2,2H3. The Kier molecular flexibility index (Phi) is 3.70. The van der Waals surface area contributed by atoms with Crippen molar-refractivity contribution in [2.45, 2.75) is 5.92 Å². The van der Waals surface area contributed by atoms with E-state index < -0.39 is 0 Å². The molecule has 0 fully saturated rings. The number of fused-ring (bicyclic) bond motifs is 1. The predicted molar refractivity (Wildman–Crippen MR) is 89.9 cm³/mol. The highest BCUT2D eigenvalue weighted by atomic mass is 35.5. The van der Waals surface area contributed by atoms with Crippen molar-refractivity contribution in [1.29, 1.82) is 0 Å². The first-order valence-electron chi connectivity index (χ1n) is 6.86. The Hall–Kier alpha value is -2.21. The zero-order valence-corrected chi connectivity index (χ0v) is 12.6. The average Bonchev–Trinajstić information content (AvgIpc) is 2.84. The Labute approximate surface area is 129 Å². The van der Waals surface area contributed by atoms with Crippen molar-refractivity contribution in [2.24, 2.45) is 7.05 Å². The smallest absolute Gasteiger partial charge is 0.0480 e. The number of aromatic nitrogens is 1. The second kappa shape index (κ2) is 5.65. The van der Waals surface area contributed by atoms with Crippen molar-refractivity contribution in [3.63, 3.8) is 0 Å². The van der Waals surface area contributed by atoms with Gasteiger partial charge in [-0.2, -0.15) is 0 Å². The van der Waals surface area contributed by atoms with Gasteiger partial charge in [0.2, 0.25) is 0 Å². The summed E-state index contributed by atoms with van der Waals surface area (Å²) in [5, 5.41) is 2.00. The molecule has 1 unspecified atom stereocenters. The van der Waals surface area contributed by atoms with Crippen molar-refractivity contribution in [3.05, 3.63) is 89.3 Å². The van der Waals surface area contributed by atoms with Crippen molar-refractivity contribution in [2.75, 3.05) is 0 Å². The topological polar surface area (TPSA) is 4.93 Å². The highest BCUT2D eigenvalue weighted by Gasteiger charge is 2.16. The fourth-order valence-electron chi connectivity index (χ4n) is 2.77. The average molecular weight is 294 g/mol. The zero-order valence-electron chi connectivity index (χ0n) is 11.9. The van der Waals surface area contributed by atoms with Crippen LogP contribution in [0.3, 0.4) is 0 Å². The van der Waals surface area contributed by atoms with E-state index in [4.69, 9.17) is 11.6 Å². The summed E-state index contributed by atoms with van der Waals surface area (Å²) in [6.07, 6.45) is 4.18. The Balaban J connectivity index is 2.20. The molecule has 0 amide bonds. The Morgan fingerprint density at radius 2 is 1.86 bits per heavy atom. The lowest BCUT2D eigenvalue weighted by Crippen LogP contribution is -1.96. The quantitative estimate of drug-likeness (QED) is 0.577. The minimum absolute atomic E-state index is 0.130. The molecule has 2 aromatic carbocycles. The Bertz CT molecular complexity index is 820. The van der Waals surface area contributed by atoms with Crippen LogP contribution in [-0.4, -0.2) is 4.57 Å². The normalized spacial score (nSPS) is 12.1. The minimum atomic E-state index is 0.130. The molecule has 3 aromatic rings. The van der Waals surface area contributed by atoms with E-state index >= 15 is 0 Å². The van der Waals surface area contributed by atoms with E-state index in [-0.39, 0.29) is 5.92 Å². The molecule has 3 rings (SSSR count). The van der Waals surface area contributed by atoms with Gasteiger partial charge in [-0.25, -0.2) is 0 Å². The van der Waals surface area contributed by atoms with Crippen molar-refractivity contribution < 1.29 is 0 Å². The molecule has 0 aliphatic rings. The van der Waals surface area contributed by atoms with Gasteiger partial charge in [-0.05, 0) is 35.4 Å². The lowest BCUT2D eigenvalue weighted by molar-refractivity contribution is 0.941. The van der Waals surface area contributed by atoms with Gasteiger partial charge in [0.05, 0.1) is 0 Å². The first kappa shape index (κ1) is 13.8. The monoisotopic (exact) mass is 293 g/mol. The summed E-state index contributed by atoms with van der Waals surface area (Å²) in [6.45, 7) is 3.74. The van der Waals surface area contributed by atoms with E-state index in [9.17, 15) is 0 Å². The van der Waals surface area contributed by atoms with Gasteiger partial charge in [0.15, 0.2) is 0 Å². The largest absolute Gasteiger partial charge is 0.350 e. The van der Waals surface area contributed by atoms with Crippen molar-refractivity contribution in [3.8, 4) is 0 Å². The number of rotatable bonds is 3. The lowest BCUT2D eigenvalue weighted by atomic mass is 9.91. The zero-order chi connectivity index (χ0) is 14.8. The third kappa shape index (κ3) is 2.54. The molecule has 2 heteroatoms. The maximum Gasteiger partial charge on any atom is 0.0480 e. The van der Waals surface area contributed by atoms with E-state index in [1.807, 2.05) is 18.2 Å². The molecular formula is C19H16ClN. The SMILES string of the molecule is C=C=CC(c1ccc(Cl)cc1)c1cn(C)c2ccccc12. The molecule has 0 saturated heterocycles. The fourth-order valence-corrected chi connectivity index (χ4v) is 2.90. The molecule has 1 heterocycles. The van der Waals surface area contributed by atoms with Crippen LogP contribution in [0.1, 0.15) is 17.0 Å².